The number of nitrogens with zero attached hydrogens (tertiary/aromatic N) is 7. The van der Waals surface area contributed by atoms with E-state index in [2.05, 4.69) is 35.4 Å². The van der Waals surface area contributed by atoms with E-state index in [0.717, 1.165) is 43.0 Å². The Labute approximate surface area is 185 Å². The van der Waals surface area contributed by atoms with Gasteiger partial charge in [0.25, 0.3) is 0 Å². The lowest BCUT2D eigenvalue weighted by molar-refractivity contribution is -0.120. The number of carbonyl (C=O) groups excluding carboxylic acids is 1. The van der Waals surface area contributed by atoms with Gasteiger partial charge in [0.15, 0.2) is 5.82 Å². The van der Waals surface area contributed by atoms with Crippen LogP contribution in [-0.2, 0) is 4.79 Å². The predicted molar refractivity (Wildman–Crippen MR) is 120 cm³/mol. The van der Waals surface area contributed by atoms with Gasteiger partial charge in [0.1, 0.15) is 24.3 Å². The van der Waals surface area contributed by atoms with Gasteiger partial charge in [-0.3, -0.25) is 9.36 Å². The summed E-state index contributed by atoms with van der Waals surface area (Å²) < 4.78 is 1.76. The Morgan fingerprint density at radius 2 is 1.81 bits per heavy atom. The smallest absolute Gasteiger partial charge is 0.228 e. The van der Waals surface area contributed by atoms with Gasteiger partial charge in [-0.2, -0.15) is 0 Å². The van der Waals surface area contributed by atoms with Crippen LogP contribution < -0.4 is 10.2 Å². The minimum absolute atomic E-state index is 0.0227. The lowest BCUT2D eigenvalue weighted by Crippen LogP contribution is -2.38. The van der Waals surface area contributed by atoms with Crippen molar-refractivity contribution in [2.75, 3.05) is 23.3 Å². The molecule has 4 aromatic rings. The zero-order chi connectivity index (χ0) is 21.8. The SMILES string of the molecule is O=C(Nc1cc(-n2ccnc2)ncn1)C1CCN(c2ccc(-c3ccccc3)nn2)CC1. The van der Waals surface area contributed by atoms with E-state index in [1.54, 1.807) is 29.4 Å². The van der Waals surface area contributed by atoms with E-state index in [1.165, 1.54) is 6.33 Å². The van der Waals surface area contributed by atoms with E-state index >= 15 is 0 Å². The lowest BCUT2D eigenvalue weighted by atomic mass is 9.96. The van der Waals surface area contributed by atoms with Crippen LogP contribution in [0, 0.1) is 5.92 Å². The molecule has 1 aliphatic rings. The van der Waals surface area contributed by atoms with Crippen molar-refractivity contribution in [3.05, 3.63) is 73.6 Å². The zero-order valence-corrected chi connectivity index (χ0v) is 17.4. The molecule has 9 heteroatoms. The first kappa shape index (κ1) is 19.8. The van der Waals surface area contributed by atoms with Crippen molar-refractivity contribution in [2.45, 2.75) is 12.8 Å². The van der Waals surface area contributed by atoms with E-state index < -0.39 is 0 Å². The fraction of sp³-hybridized carbons (Fsp3) is 0.217. The molecule has 0 aliphatic carbocycles. The third-order valence-corrected chi connectivity index (χ3v) is 5.58. The van der Waals surface area contributed by atoms with E-state index in [1.807, 2.05) is 42.5 Å². The summed E-state index contributed by atoms with van der Waals surface area (Å²) in [6.07, 6.45) is 8.04. The third-order valence-electron chi connectivity index (χ3n) is 5.58. The van der Waals surface area contributed by atoms with Crippen LogP contribution in [0.25, 0.3) is 17.1 Å². The van der Waals surface area contributed by atoms with Crippen LogP contribution in [0.2, 0.25) is 0 Å². The van der Waals surface area contributed by atoms with Crippen LogP contribution in [0.4, 0.5) is 11.6 Å². The van der Waals surface area contributed by atoms with Gasteiger partial charge in [-0.25, -0.2) is 15.0 Å². The molecule has 0 bridgehead atoms. The quantitative estimate of drug-likeness (QED) is 0.523. The molecule has 1 aromatic carbocycles. The molecule has 1 saturated heterocycles. The Bertz CT molecular complexity index is 1170. The highest BCUT2D eigenvalue weighted by molar-refractivity contribution is 5.92. The van der Waals surface area contributed by atoms with E-state index in [0.29, 0.717) is 11.6 Å². The van der Waals surface area contributed by atoms with Gasteiger partial charge in [0.2, 0.25) is 5.91 Å². The Morgan fingerprint density at radius 1 is 0.969 bits per heavy atom. The molecule has 1 N–H and O–H groups in total. The van der Waals surface area contributed by atoms with Gasteiger partial charge in [-0.15, -0.1) is 10.2 Å². The number of hydrogen-bond acceptors (Lipinski definition) is 7. The van der Waals surface area contributed by atoms with Crippen molar-refractivity contribution in [2.24, 2.45) is 5.92 Å². The first-order chi connectivity index (χ1) is 15.8. The number of imidazole rings is 1. The van der Waals surface area contributed by atoms with E-state index in [9.17, 15) is 4.79 Å². The normalized spacial score (nSPS) is 14.3. The highest BCUT2D eigenvalue weighted by Crippen LogP contribution is 2.24. The largest absolute Gasteiger partial charge is 0.355 e. The van der Waals surface area contributed by atoms with Crippen molar-refractivity contribution >= 4 is 17.5 Å². The molecule has 4 heterocycles. The first-order valence-electron chi connectivity index (χ1n) is 10.5. The summed E-state index contributed by atoms with van der Waals surface area (Å²) in [5.74, 6) is 1.88. The summed E-state index contributed by atoms with van der Waals surface area (Å²) in [5.41, 5.74) is 1.89. The molecule has 5 rings (SSSR count). The minimum atomic E-state index is -0.0746. The molecule has 1 fully saturated rings. The van der Waals surface area contributed by atoms with Crippen LogP contribution >= 0.6 is 0 Å². The molecule has 9 nitrogen and oxygen atoms in total. The lowest BCUT2D eigenvalue weighted by Gasteiger charge is -2.31. The van der Waals surface area contributed by atoms with Crippen LogP contribution in [0.1, 0.15) is 12.8 Å². The van der Waals surface area contributed by atoms with Crippen molar-refractivity contribution in [1.29, 1.82) is 0 Å². The molecule has 0 spiro atoms. The monoisotopic (exact) mass is 426 g/mol. The maximum Gasteiger partial charge on any atom is 0.228 e. The minimum Gasteiger partial charge on any atom is -0.355 e. The van der Waals surface area contributed by atoms with Crippen molar-refractivity contribution in [3.8, 4) is 17.1 Å². The summed E-state index contributed by atoms with van der Waals surface area (Å²) in [6.45, 7) is 1.50. The second kappa shape index (κ2) is 8.93. The van der Waals surface area contributed by atoms with Crippen LogP contribution in [-0.4, -0.2) is 48.7 Å². The molecular formula is C23H22N8O. The fourth-order valence-electron chi connectivity index (χ4n) is 3.81. The van der Waals surface area contributed by atoms with Gasteiger partial charge < -0.3 is 10.2 Å². The van der Waals surface area contributed by atoms with Crippen LogP contribution in [0.3, 0.4) is 0 Å². The summed E-state index contributed by atoms with van der Waals surface area (Å²) in [6, 6.07) is 15.7. The highest BCUT2D eigenvalue weighted by atomic mass is 16.2. The Kier molecular flexibility index (Phi) is 5.52. The summed E-state index contributed by atoms with van der Waals surface area (Å²) in [4.78, 5) is 27.3. The van der Waals surface area contributed by atoms with Crippen molar-refractivity contribution in [3.63, 3.8) is 0 Å². The topological polar surface area (TPSA) is 102 Å². The Hall–Kier alpha value is -4.14. The standard InChI is InChI=1S/C23H22N8O/c32-23(27-20-14-22(26-15-25-20)31-13-10-24-16-31)18-8-11-30(12-9-18)21-7-6-19(28-29-21)17-4-2-1-3-5-17/h1-7,10,13-16,18H,8-9,11-12H2,(H,25,26,27,32). The molecule has 0 radical (unpaired) electrons. The zero-order valence-electron chi connectivity index (χ0n) is 17.4. The molecule has 160 valence electrons. The number of anilines is 2. The first-order valence-corrected chi connectivity index (χ1v) is 10.5. The highest BCUT2D eigenvalue weighted by Gasteiger charge is 2.26. The summed E-state index contributed by atoms with van der Waals surface area (Å²) in [5, 5.41) is 11.7. The number of aromatic nitrogens is 6. The molecule has 1 aliphatic heterocycles. The number of amides is 1. The van der Waals surface area contributed by atoms with E-state index in [4.69, 9.17) is 0 Å². The van der Waals surface area contributed by atoms with Gasteiger partial charge in [0.05, 0.1) is 5.69 Å². The van der Waals surface area contributed by atoms with Crippen molar-refractivity contribution in [1.82, 2.24) is 29.7 Å². The molecule has 3 aromatic heterocycles. The Balaban J connectivity index is 1.18. The molecular weight excluding hydrogens is 404 g/mol. The van der Waals surface area contributed by atoms with Gasteiger partial charge in [0, 0.05) is 43.0 Å². The number of piperidine rings is 1. The maximum absolute atomic E-state index is 12.8. The molecule has 32 heavy (non-hydrogen) atoms. The number of hydrogen-bond donors (Lipinski definition) is 1. The number of rotatable bonds is 5. The van der Waals surface area contributed by atoms with Crippen LogP contribution in [0.15, 0.2) is 73.6 Å². The van der Waals surface area contributed by atoms with Gasteiger partial charge in [-0.1, -0.05) is 30.3 Å². The van der Waals surface area contributed by atoms with Crippen LogP contribution in [0.5, 0.6) is 0 Å². The second-order valence-corrected chi connectivity index (χ2v) is 7.62. The number of carbonyl (C=O) groups is 1. The predicted octanol–water partition coefficient (Wildman–Crippen LogP) is 2.97. The maximum atomic E-state index is 12.8. The molecule has 0 saturated carbocycles. The average Bonchev–Trinajstić information content (AvgIpc) is 3.40. The molecule has 0 atom stereocenters. The third kappa shape index (κ3) is 4.31. The summed E-state index contributed by atoms with van der Waals surface area (Å²) in [7, 11) is 0. The number of nitrogens with one attached hydrogen (secondary N) is 1. The number of benzene rings is 1. The van der Waals surface area contributed by atoms with Gasteiger partial charge in [-0.05, 0) is 25.0 Å². The molecule has 0 unspecified atom stereocenters. The van der Waals surface area contributed by atoms with E-state index in [-0.39, 0.29) is 11.8 Å². The average molecular weight is 426 g/mol. The summed E-state index contributed by atoms with van der Waals surface area (Å²) >= 11 is 0. The second-order valence-electron chi connectivity index (χ2n) is 7.62. The fourth-order valence-corrected chi connectivity index (χ4v) is 3.81. The van der Waals surface area contributed by atoms with Crippen molar-refractivity contribution < 1.29 is 4.79 Å². The van der Waals surface area contributed by atoms with Gasteiger partial charge >= 0.3 is 0 Å². The molecule has 1 amide bonds. The Morgan fingerprint density at radius 3 is 2.53 bits per heavy atom.